The minimum absolute atomic E-state index is 0.105. The van der Waals surface area contributed by atoms with Gasteiger partial charge in [-0.25, -0.2) is 43.9 Å². The molecule has 0 spiro atoms. The largest absolute Gasteiger partial charge is 0.248 e. The lowest BCUT2D eigenvalue weighted by Crippen LogP contribution is -2.51. The summed E-state index contributed by atoms with van der Waals surface area (Å²) in [4.78, 5) is 0. The van der Waals surface area contributed by atoms with Crippen LogP contribution in [0.5, 0.6) is 0 Å². The van der Waals surface area contributed by atoms with Crippen LogP contribution in [-0.2, 0) is 0 Å². The number of hydrogen-bond acceptors (Lipinski definition) is 0. The van der Waals surface area contributed by atoms with Crippen LogP contribution in [0.1, 0.15) is 445 Å². The molecule has 100 heavy (non-hydrogen) atoms. The monoisotopic (exact) mass is 1460 g/mol. The lowest BCUT2D eigenvalue weighted by molar-refractivity contribution is -0.0946. The van der Waals surface area contributed by atoms with E-state index in [1.807, 2.05) is 96.9 Å². The molecule has 1 unspecified atom stereocenters. The van der Waals surface area contributed by atoms with E-state index in [9.17, 15) is 35.1 Å². The van der Waals surface area contributed by atoms with Crippen LogP contribution in [0.4, 0.5) is 43.9 Å². The fraction of sp³-hybridized carbons (Fsp3) is 1.00. The molecular weight excluding hydrogens is 1270 g/mol. The third kappa shape index (κ3) is 50.0. The molecule has 0 amide bonds. The number of halogens is 10. The van der Waals surface area contributed by atoms with Crippen molar-refractivity contribution in [1.82, 2.24) is 0 Å². The fourth-order valence-corrected chi connectivity index (χ4v) is 14.4. The molecule has 0 nitrogen and oxygen atoms in total. The minimum atomic E-state index is -2.34. The SMILES string of the molecule is CC(C)(C)C.CC(C)C(C(C)C)C(C)(F)C(C(C)C)C(C)C.CC(C)C(C)(F)C(C)C.CC1(F)CCCCC1.CC1CCC(F)(F)CC1.CCC(C)(CC)C(C)(F)C(C)(CC)CC.CCC(C)(F)C(C)C.CCC(C)(F)CC.CCC(CC)C(C)(F)C(CC)CC.CCCC(C)(F)CCC. The first-order chi connectivity index (χ1) is 44.8. The Labute approximate surface area is 624 Å². The molecule has 2 fully saturated rings. The summed E-state index contributed by atoms with van der Waals surface area (Å²) in [5, 5.41) is 0. The Hall–Kier alpha value is -0.700. The fourth-order valence-electron chi connectivity index (χ4n) is 14.4. The number of rotatable bonds is 28. The van der Waals surface area contributed by atoms with E-state index in [-0.39, 0.29) is 65.1 Å². The molecule has 0 aliphatic heterocycles. The highest BCUT2D eigenvalue weighted by Gasteiger charge is 2.53. The molecular formula is C90H186F10. The second kappa shape index (κ2) is 54.0. The molecule has 2 aliphatic rings. The van der Waals surface area contributed by atoms with Gasteiger partial charge in [-0.05, 0) is 215 Å². The predicted octanol–water partition coefficient (Wildman–Crippen LogP) is 34.7. The van der Waals surface area contributed by atoms with Crippen LogP contribution in [-0.4, -0.2) is 51.3 Å². The second-order valence-corrected chi connectivity index (χ2v) is 37.2. The molecule has 0 bridgehead atoms. The van der Waals surface area contributed by atoms with Crippen LogP contribution in [0.25, 0.3) is 0 Å². The van der Waals surface area contributed by atoms with E-state index < -0.39 is 51.3 Å². The molecule has 1 atom stereocenters. The lowest BCUT2D eigenvalue weighted by atomic mass is 9.57. The van der Waals surface area contributed by atoms with E-state index in [2.05, 4.69) is 152 Å². The molecule has 0 N–H and O–H groups in total. The third-order valence-electron chi connectivity index (χ3n) is 24.2. The second-order valence-electron chi connectivity index (χ2n) is 37.2. The van der Waals surface area contributed by atoms with Gasteiger partial charge in [0, 0.05) is 23.7 Å². The highest BCUT2D eigenvalue weighted by atomic mass is 19.3. The quantitative estimate of drug-likeness (QED) is 0.0685. The summed E-state index contributed by atoms with van der Waals surface area (Å²) in [5.41, 5.74) is -7.63. The average Bonchev–Trinajstić information content (AvgIpc) is 0.766. The molecule has 0 saturated heterocycles. The van der Waals surface area contributed by atoms with Crippen molar-refractivity contribution in [2.75, 3.05) is 0 Å². The molecule has 0 aromatic heterocycles. The Kier molecular flexibility index (Phi) is 62.1. The van der Waals surface area contributed by atoms with Crippen LogP contribution in [0.2, 0.25) is 0 Å². The van der Waals surface area contributed by atoms with Crippen molar-refractivity contribution in [3.05, 3.63) is 0 Å². The van der Waals surface area contributed by atoms with Crippen LogP contribution in [0, 0.1) is 87.3 Å². The molecule has 2 rings (SSSR count). The Morgan fingerprint density at radius 1 is 0.350 bits per heavy atom. The zero-order valence-corrected chi connectivity index (χ0v) is 75.7. The van der Waals surface area contributed by atoms with Gasteiger partial charge in [0.15, 0.2) is 0 Å². The normalized spacial score (nSPS) is 16.2. The van der Waals surface area contributed by atoms with Crippen molar-refractivity contribution >= 4 is 0 Å². The summed E-state index contributed by atoms with van der Waals surface area (Å²) < 4.78 is 135. The maximum atomic E-state index is 15.4. The Morgan fingerprint density at radius 2 is 0.620 bits per heavy atom. The van der Waals surface area contributed by atoms with Gasteiger partial charge in [-0.3, -0.25) is 0 Å². The van der Waals surface area contributed by atoms with E-state index in [0.717, 1.165) is 89.9 Å². The molecule has 2 aliphatic carbocycles. The summed E-state index contributed by atoms with van der Waals surface area (Å²) in [7, 11) is 0. The first kappa shape index (κ1) is 115. The molecule has 0 heterocycles. The Bertz CT molecular complexity index is 1710. The van der Waals surface area contributed by atoms with Crippen molar-refractivity contribution < 1.29 is 43.9 Å². The van der Waals surface area contributed by atoms with Crippen molar-refractivity contribution in [2.24, 2.45) is 87.3 Å². The van der Waals surface area contributed by atoms with Gasteiger partial charge in [0.1, 0.15) is 45.4 Å². The summed E-state index contributed by atoms with van der Waals surface area (Å²) in [5.74, 6) is 0.883. The van der Waals surface area contributed by atoms with Crippen molar-refractivity contribution in [3.8, 4) is 0 Å². The van der Waals surface area contributed by atoms with Crippen LogP contribution in [0.3, 0.4) is 0 Å². The molecule has 0 aromatic rings. The highest BCUT2D eigenvalue weighted by molar-refractivity contribution is 5.02. The molecule has 10 heteroatoms. The van der Waals surface area contributed by atoms with Gasteiger partial charge < -0.3 is 0 Å². The third-order valence-corrected chi connectivity index (χ3v) is 24.2. The number of hydrogen-bond donors (Lipinski definition) is 0. The first-order valence-corrected chi connectivity index (χ1v) is 41.6. The van der Waals surface area contributed by atoms with Crippen LogP contribution in [0.15, 0.2) is 0 Å². The van der Waals surface area contributed by atoms with E-state index in [4.69, 9.17) is 0 Å². The van der Waals surface area contributed by atoms with Crippen LogP contribution >= 0.6 is 0 Å². The summed E-state index contributed by atoms with van der Waals surface area (Å²) >= 11 is 0. The van der Waals surface area contributed by atoms with Gasteiger partial charge in [-0.2, -0.15) is 0 Å². The predicted molar refractivity (Wildman–Crippen MR) is 434 cm³/mol. The van der Waals surface area contributed by atoms with Crippen LogP contribution < -0.4 is 0 Å². The standard InChI is InChI=1S/C16H33F.C14H29F.C12H25F.2C8H17F.C7H12F2.C7H13F.C7H15F.C6H13F.C5H12/c1-10(2)14(11(3)4)16(9,17)15(12(5)6)13(7)8;1-8-12(5,9-2)14(7,15)13(6,10-3)11-4;1-6-10(7-2)12(5,13)11(8-3)9-4;1-6(2)8(5,9)7(3)4;1-4-6-8(3,9)7-5-2;1-6-2-4-7(8,9)5-3-6;1-7(8)5-3-2-4-6-7;1-5-7(4,8)6(2)3;1-4-6(3,7)5-2;1-5(2,3)4/h10-15H,1-9H3;8-11H2,1-7H3;10-11H,6-9H2,1-5H3;6-7H,1-5H3;4-7H2,1-3H3;6H,2-5H2,1H3;2-6H2,1H3;6H,5H2,1-4H3;4-5H2,1-3H3;1-4H3. The summed E-state index contributed by atoms with van der Waals surface area (Å²) in [6.45, 7) is 83.9. The lowest BCUT2D eigenvalue weighted by Gasteiger charge is -2.51. The molecule has 2 saturated carbocycles. The van der Waals surface area contributed by atoms with E-state index >= 15 is 8.78 Å². The maximum Gasteiger partial charge on any atom is 0.248 e. The average molecular weight is 1460 g/mol. The first-order valence-electron chi connectivity index (χ1n) is 41.6. The summed E-state index contributed by atoms with van der Waals surface area (Å²) in [6.07, 6.45) is 19.3. The highest BCUT2D eigenvalue weighted by Crippen LogP contribution is 2.54. The zero-order chi connectivity index (χ0) is 81.9. The number of alkyl halides is 10. The van der Waals surface area contributed by atoms with Gasteiger partial charge >= 0.3 is 0 Å². The van der Waals surface area contributed by atoms with Crippen molar-refractivity contribution in [2.45, 2.75) is 496 Å². The van der Waals surface area contributed by atoms with E-state index in [1.54, 1.807) is 41.5 Å². The molecule has 0 aromatic carbocycles. The van der Waals surface area contributed by atoms with Crippen molar-refractivity contribution in [3.63, 3.8) is 0 Å². The zero-order valence-electron chi connectivity index (χ0n) is 75.7. The Balaban J connectivity index is -0.000000159. The minimum Gasteiger partial charge on any atom is -0.244 e. The van der Waals surface area contributed by atoms with Gasteiger partial charge in [-0.15, -0.1) is 0 Å². The smallest absolute Gasteiger partial charge is 0.244 e. The van der Waals surface area contributed by atoms with Crippen molar-refractivity contribution in [1.29, 1.82) is 0 Å². The van der Waals surface area contributed by atoms with E-state index in [1.165, 1.54) is 6.42 Å². The molecule has 616 valence electrons. The van der Waals surface area contributed by atoms with Gasteiger partial charge in [-0.1, -0.05) is 293 Å². The van der Waals surface area contributed by atoms with E-state index in [0.29, 0.717) is 80.0 Å². The topological polar surface area (TPSA) is 0 Å². The maximum absolute atomic E-state index is 15.4. The van der Waals surface area contributed by atoms with Gasteiger partial charge in [0.2, 0.25) is 5.92 Å². The summed E-state index contributed by atoms with van der Waals surface area (Å²) in [6, 6.07) is 0. The Morgan fingerprint density at radius 3 is 0.750 bits per heavy atom. The van der Waals surface area contributed by atoms with Gasteiger partial charge in [0.25, 0.3) is 0 Å². The van der Waals surface area contributed by atoms with Gasteiger partial charge in [0.05, 0.1) is 0 Å². The molecule has 0 radical (unpaired) electrons.